The maximum atomic E-state index is 13.0. The molecule has 0 unspecified atom stereocenters. The first-order chi connectivity index (χ1) is 8.06. The monoisotopic (exact) mass is 273 g/mol. The molecule has 88 valence electrons. The standard InChI is InChI=1S/C10H6Cl2FN3O/c11-5-3-15-10(16-4-5)17-9-2-8(14)7(13)1-6(9)12/h1-4H,14H2. The predicted molar refractivity (Wildman–Crippen MR) is 62.9 cm³/mol. The molecule has 0 fully saturated rings. The van der Waals surface area contributed by atoms with Crippen LogP contribution in [0, 0.1) is 5.82 Å². The molecular formula is C10H6Cl2FN3O. The Morgan fingerprint density at radius 1 is 1.18 bits per heavy atom. The Bertz CT molecular complexity index is 548. The molecule has 0 amide bonds. The highest BCUT2D eigenvalue weighted by Crippen LogP contribution is 2.31. The lowest BCUT2D eigenvalue weighted by Gasteiger charge is -2.07. The van der Waals surface area contributed by atoms with Gasteiger partial charge in [0.1, 0.15) is 5.82 Å². The van der Waals surface area contributed by atoms with Gasteiger partial charge in [0.05, 0.1) is 28.1 Å². The van der Waals surface area contributed by atoms with Crippen LogP contribution >= 0.6 is 23.2 Å². The summed E-state index contributed by atoms with van der Waals surface area (Å²) in [6.07, 6.45) is 2.73. The summed E-state index contributed by atoms with van der Waals surface area (Å²) in [7, 11) is 0. The van der Waals surface area contributed by atoms with Crippen molar-refractivity contribution in [2.75, 3.05) is 5.73 Å². The summed E-state index contributed by atoms with van der Waals surface area (Å²) in [6.45, 7) is 0. The first kappa shape index (κ1) is 11.9. The molecule has 2 rings (SSSR count). The molecule has 0 radical (unpaired) electrons. The average molecular weight is 274 g/mol. The first-order valence-corrected chi connectivity index (χ1v) is 5.22. The normalized spacial score (nSPS) is 10.3. The Morgan fingerprint density at radius 2 is 1.82 bits per heavy atom. The van der Waals surface area contributed by atoms with Crippen LogP contribution in [0.15, 0.2) is 24.5 Å². The Labute approximate surface area is 106 Å². The van der Waals surface area contributed by atoms with Crippen molar-refractivity contribution in [1.29, 1.82) is 0 Å². The second kappa shape index (κ2) is 4.73. The fourth-order valence-corrected chi connectivity index (χ4v) is 1.36. The second-order valence-electron chi connectivity index (χ2n) is 3.09. The van der Waals surface area contributed by atoms with Crippen molar-refractivity contribution in [2.45, 2.75) is 0 Å². The lowest BCUT2D eigenvalue weighted by Crippen LogP contribution is -1.95. The van der Waals surface area contributed by atoms with Gasteiger partial charge >= 0.3 is 6.01 Å². The van der Waals surface area contributed by atoms with Crippen LogP contribution in [0.25, 0.3) is 0 Å². The number of hydrogen-bond donors (Lipinski definition) is 1. The maximum Gasteiger partial charge on any atom is 0.322 e. The molecule has 0 aliphatic heterocycles. The molecule has 2 N–H and O–H groups in total. The zero-order valence-electron chi connectivity index (χ0n) is 8.32. The molecule has 0 spiro atoms. The van der Waals surface area contributed by atoms with Gasteiger partial charge in [-0.2, -0.15) is 0 Å². The van der Waals surface area contributed by atoms with Crippen molar-refractivity contribution >= 4 is 28.9 Å². The second-order valence-corrected chi connectivity index (χ2v) is 3.93. The van der Waals surface area contributed by atoms with Crippen LogP contribution < -0.4 is 10.5 Å². The van der Waals surface area contributed by atoms with E-state index >= 15 is 0 Å². The minimum absolute atomic E-state index is 0.0438. The highest BCUT2D eigenvalue weighted by atomic mass is 35.5. The van der Waals surface area contributed by atoms with Crippen LogP contribution in [0.1, 0.15) is 0 Å². The fraction of sp³-hybridized carbons (Fsp3) is 0. The van der Waals surface area contributed by atoms with E-state index in [-0.39, 0.29) is 22.5 Å². The molecule has 1 aromatic heterocycles. The molecule has 0 atom stereocenters. The average Bonchev–Trinajstić information content (AvgIpc) is 2.29. The molecule has 0 saturated heterocycles. The van der Waals surface area contributed by atoms with Crippen LogP contribution in [0.5, 0.6) is 11.8 Å². The predicted octanol–water partition coefficient (Wildman–Crippen LogP) is 3.30. The number of anilines is 1. The van der Waals surface area contributed by atoms with Gasteiger partial charge in [0.15, 0.2) is 5.75 Å². The van der Waals surface area contributed by atoms with Gasteiger partial charge in [0.2, 0.25) is 0 Å². The highest BCUT2D eigenvalue weighted by molar-refractivity contribution is 6.32. The lowest BCUT2D eigenvalue weighted by molar-refractivity contribution is 0.441. The van der Waals surface area contributed by atoms with Gasteiger partial charge in [-0.25, -0.2) is 14.4 Å². The number of nitrogens with two attached hydrogens (primary N) is 1. The van der Waals surface area contributed by atoms with E-state index < -0.39 is 5.82 Å². The molecule has 2 aromatic rings. The molecule has 0 bridgehead atoms. The first-order valence-electron chi connectivity index (χ1n) is 4.46. The number of hydrogen-bond acceptors (Lipinski definition) is 4. The summed E-state index contributed by atoms with van der Waals surface area (Å²) >= 11 is 11.4. The van der Waals surface area contributed by atoms with Gasteiger partial charge in [-0.15, -0.1) is 0 Å². The zero-order valence-corrected chi connectivity index (χ0v) is 9.84. The molecule has 0 saturated carbocycles. The Morgan fingerprint density at radius 3 is 2.47 bits per heavy atom. The molecule has 1 aromatic carbocycles. The smallest absolute Gasteiger partial charge is 0.322 e. The van der Waals surface area contributed by atoms with Gasteiger partial charge in [-0.1, -0.05) is 23.2 Å². The maximum absolute atomic E-state index is 13.0. The van der Waals surface area contributed by atoms with Crippen molar-refractivity contribution in [3.05, 3.63) is 40.4 Å². The van der Waals surface area contributed by atoms with Gasteiger partial charge in [0, 0.05) is 6.07 Å². The molecule has 1 heterocycles. The summed E-state index contributed by atoms with van der Waals surface area (Å²) in [4.78, 5) is 7.62. The van der Waals surface area contributed by atoms with Crippen LogP contribution in [0.4, 0.5) is 10.1 Å². The van der Waals surface area contributed by atoms with Crippen LogP contribution in [-0.2, 0) is 0 Å². The summed E-state index contributed by atoms with van der Waals surface area (Å²) in [5.41, 5.74) is 5.32. The quantitative estimate of drug-likeness (QED) is 0.853. The summed E-state index contributed by atoms with van der Waals surface area (Å²) in [6, 6.07) is 2.36. The van der Waals surface area contributed by atoms with Crippen LogP contribution in [0.2, 0.25) is 10.0 Å². The Kier molecular flexibility index (Phi) is 3.31. The van der Waals surface area contributed by atoms with E-state index in [1.54, 1.807) is 0 Å². The van der Waals surface area contributed by atoms with E-state index in [1.165, 1.54) is 18.5 Å². The largest absolute Gasteiger partial charge is 0.423 e. The number of aromatic nitrogens is 2. The number of ether oxygens (including phenoxy) is 1. The van der Waals surface area contributed by atoms with Gasteiger partial charge in [0.25, 0.3) is 0 Å². The Balaban J connectivity index is 2.30. The van der Waals surface area contributed by atoms with Gasteiger partial charge in [-0.05, 0) is 6.07 Å². The van der Waals surface area contributed by atoms with E-state index in [2.05, 4.69) is 9.97 Å². The van der Waals surface area contributed by atoms with E-state index in [0.29, 0.717) is 5.02 Å². The third kappa shape index (κ3) is 2.75. The van der Waals surface area contributed by atoms with E-state index in [1.807, 2.05) is 0 Å². The van der Waals surface area contributed by atoms with E-state index in [9.17, 15) is 4.39 Å². The molecule has 0 aliphatic rings. The van der Waals surface area contributed by atoms with Crippen molar-refractivity contribution in [1.82, 2.24) is 9.97 Å². The van der Waals surface area contributed by atoms with Crippen LogP contribution in [0.3, 0.4) is 0 Å². The Hall–Kier alpha value is -1.59. The number of rotatable bonds is 2. The zero-order chi connectivity index (χ0) is 12.4. The summed E-state index contributed by atoms with van der Waals surface area (Å²) in [5, 5.41) is 0.456. The molecule has 0 aliphatic carbocycles. The molecular weight excluding hydrogens is 268 g/mol. The van der Waals surface area contributed by atoms with E-state index in [0.717, 1.165) is 6.07 Å². The van der Waals surface area contributed by atoms with Gasteiger partial charge < -0.3 is 10.5 Å². The molecule has 17 heavy (non-hydrogen) atoms. The third-order valence-corrected chi connectivity index (χ3v) is 2.34. The number of nitrogen functional groups attached to an aromatic ring is 1. The fourth-order valence-electron chi connectivity index (χ4n) is 1.07. The van der Waals surface area contributed by atoms with Crippen molar-refractivity contribution < 1.29 is 9.13 Å². The topological polar surface area (TPSA) is 61.0 Å². The van der Waals surface area contributed by atoms with Crippen molar-refractivity contribution in [3.63, 3.8) is 0 Å². The summed E-state index contributed by atoms with van der Waals surface area (Å²) < 4.78 is 18.3. The van der Waals surface area contributed by atoms with E-state index in [4.69, 9.17) is 33.7 Å². The highest BCUT2D eigenvalue weighted by Gasteiger charge is 2.09. The van der Waals surface area contributed by atoms with Crippen LogP contribution in [-0.4, -0.2) is 9.97 Å². The minimum Gasteiger partial charge on any atom is -0.423 e. The van der Waals surface area contributed by atoms with Gasteiger partial charge in [-0.3, -0.25) is 0 Å². The summed E-state index contributed by atoms with van der Waals surface area (Å²) in [5.74, 6) is -0.438. The number of benzene rings is 1. The SMILES string of the molecule is Nc1cc(Oc2ncc(Cl)cn2)c(Cl)cc1F. The lowest BCUT2D eigenvalue weighted by atomic mass is 10.3. The van der Waals surface area contributed by atoms with Crippen molar-refractivity contribution in [3.8, 4) is 11.8 Å². The number of halogens is 3. The number of nitrogens with zero attached hydrogens (tertiary/aromatic N) is 2. The third-order valence-electron chi connectivity index (χ3n) is 1.85. The molecule has 7 heteroatoms. The van der Waals surface area contributed by atoms with Crippen molar-refractivity contribution in [2.24, 2.45) is 0 Å². The molecule has 4 nitrogen and oxygen atoms in total. The minimum atomic E-state index is -0.612.